The first kappa shape index (κ1) is 21.9. The minimum absolute atomic E-state index is 0.193. The van der Waals surface area contributed by atoms with Gasteiger partial charge in [0, 0.05) is 0 Å². The normalized spacial score (nSPS) is 17.2. The fourth-order valence-corrected chi connectivity index (χ4v) is 2.01. The molecule has 2 atom stereocenters. The van der Waals surface area contributed by atoms with Crippen molar-refractivity contribution in [2.24, 2.45) is 16.7 Å². The molecule has 4 nitrogen and oxygen atoms in total. The lowest BCUT2D eigenvalue weighted by Crippen LogP contribution is -2.52. The molecule has 0 aromatic rings. The lowest BCUT2D eigenvalue weighted by Gasteiger charge is -2.43. The predicted octanol–water partition coefficient (Wildman–Crippen LogP) is 4.75. The molecule has 136 valence electrons. The Balaban J connectivity index is 5.42. The van der Waals surface area contributed by atoms with Gasteiger partial charge in [-0.2, -0.15) is 0 Å². The van der Waals surface area contributed by atoms with E-state index in [-0.39, 0.29) is 23.3 Å². The average Bonchev–Trinajstić information content (AvgIpc) is 2.32. The molecule has 23 heavy (non-hydrogen) atoms. The predicted molar refractivity (Wildman–Crippen MR) is 93.0 cm³/mol. The summed E-state index contributed by atoms with van der Waals surface area (Å²) in [6.45, 7) is 20.6. The van der Waals surface area contributed by atoms with Crippen LogP contribution < -0.4 is 0 Å². The van der Waals surface area contributed by atoms with Gasteiger partial charge in [-0.15, -0.1) is 0 Å². The molecular formula is C19H36O4. The Hall–Kier alpha value is -1.06. The van der Waals surface area contributed by atoms with Gasteiger partial charge in [-0.25, -0.2) is 0 Å². The van der Waals surface area contributed by atoms with Crippen molar-refractivity contribution in [2.45, 2.75) is 93.8 Å². The molecule has 0 aliphatic carbocycles. The first-order valence-corrected chi connectivity index (χ1v) is 8.44. The third-order valence-electron chi connectivity index (χ3n) is 4.89. The Morgan fingerprint density at radius 1 is 0.870 bits per heavy atom. The third kappa shape index (κ3) is 5.50. The van der Waals surface area contributed by atoms with E-state index in [1.807, 2.05) is 55.4 Å². The number of hydrogen-bond donors (Lipinski definition) is 0. The Kier molecular flexibility index (Phi) is 6.51. The highest BCUT2D eigenvalue weighted by Gasteiger charge is 2.51. The summed E-state index contributed by atoms with van der Waals surface area (Å²) >= 11 is 0. The molecule has 2 unspecified atom stereocenters. The van der Waals surface area contributed by atoms with Crippen molar-refractivity contribution in [2.75, 3.05) is 0 Å². The maximum atomic E-state index is 12.7. The van der Waals surface area contributed by atoms with Crippen LogP contribution in [0.1, 0.15) is 82.6 Å². The van der Waals surface area contributed by atoms with E-state index in [9.17, 15) is 9.59 Å². The number of esters is 2. The second-order valence-corrected chi connectivity index (χ2v) is 9.21. The molecular weight excluding hydrogens is 292 g/mol. The highest BCUT2D eigenvalue weighted by molar-refractivity contribution is 5.80. The van der Waals surface area contributed by atoms with Crippen LogP contribution in [0.3, 0.4) is 0 Å². The largest absolute Gasteiger partial charge is 0.459 e. The van der Waals surface area contributed by atoms with E-state index in [0.717, 1.165) is 0 Å². The van der Waals surface area contributed by atoms with Crippen LogP contribution in [-0.2, 0) is 19.1 Å². The summed E-state index contributed by atoms with van der Waals surface area (Å²) in [6, 6.07) is 0. The average molecular weight is 328 g/mol. The smallest absolute Gasteiger partial charge is 0.316 e. The molecule has 0 aromatic heterocycles. The number of rotatable bonds is 5. The lowest BCUT2D eigenvalue weighted by atomic mass is 9.72. The topological polar surface area (TPSA) is 52.6 Å². The van der Waals surface area contributed by atoms with Gasteiger partial charge < -0.3 is 9.47 Å². The molecule has 0 bridgehead atoms. The van der Waals surface area contributed by atoms with E-state index >= 15 is 0 Å². The quantitative estimate of drug-likeness (QED) is 0.683. The zero-order chi connectivity index (χ0) is 18.9. The molecule has 0 aliphatic rings. The van der Waals surface area contributed by atoms with Crippen LogP contribution in [0, 0.1) is 16.7 Å². The standard InChI is InChI=1S/C19H36O4/c1-12-19(11,15(21)23-17(6,7)8)18(9,10)22-14(20)13(2)16(3,4)5/h13H,12H2,1-11H3. The van der Waals surface area contributed by atoms with Gasteiger partial charge in [0.1, 0.15) is 16.6 Å². The number of hydrogen-bond acceptors (Lipinski definition) is 4. The molecule has 0 rings (SSSR count). The Labute approximate surface area is 142 Å². The van der Waals surface area contributed by atoms with E-state index in [1.165, 1.54) is 0 Å². The zero-order valence-electron chi connectivity index (χ0n) is 16.9. The number of carbonyl (C=O) groups excluding carboxylic acids is 2. The fraction of sp³-hybridized carbons (Fsp3) is 0.895. The van der Waals surface area contributed by atoms with Crippen LogP contribution >= 0.6 is 0 Å². The van der Waals surface area contributed by atoms with Crippen molar-refractivity contribution >= 4 is 11.9 Å². The fourth-order valence-electron chi connectivity index (χ4n) is 2.01. The van der Waals surface area contributed by atoms with Crippen molar-refractivity contribution in [3.63, 3.8) is 0 Å². The molecule has 0 heterocycles. The maximum Gasteiger partial charge on any atom is 0.316 e. The summed E-state index contributed by atoms with van der Waals surface area (Å²) < 4.78 is 11.3. The van der Waals surface area contributed by atoms with Crippen LogP contribution in [0.2, 0.25) is 0 Å². The minimum atomic E-state index is -0.958. The van der Waals surface area contributed by atoms with Gasteiger partial charge in [0.05, 0.1) is 5.92 Å². The first-order valence-electron chi connectivity index (χ1n) is 8.44. The van der Waals surface area contributed by atoms with Crippen molar-refractivity contribution in [3.05, 3.63) is 0 Å². The number of ether oxygens (including phenoxy) is 2. The van der Waals surface area contributed by atoms with E-state index < -0.39 is 16.6 Å². The van der Waals surface area contributed by atoms with E-state index in [2.05, 4.69) is 0 Å². The van der Waals surface area contributed by atoms with Gasteiger partial charge in [-0.05, 0) is 53.4 Å². The SMILES string of the molecule is CCC(C)(C(=O)OC(C)(C)C)C(C)(C)OC(=O)C(C)C(C)(C)C. The Morgan fingerprint density at radius 2 is 1.30 bits per heavy atom. The Morgan fingerprint density at radius 3 is 1.61 bits per heavy atom. The molecule has 0 fully saturated rings. The summed E-state index contributed by atoms with van der Waals surface area (Å²) in [6.07, 6.45) is 0.520. The van der Waals surface area contributed by atoms with Crippen LogP contribution in [0.4, 0.5) is 0 Å². The van der Waals surface area contributed by atoms with Gasteiger partial charge >= 0.3 is 11.9 Å². The second-order valence-electron chi connectivity index (χ2n) is 9.21. The zero-order valence-corrected chi connectivity index (χ0v) is 16.9. The van der Waals surface area contributed by atoms with Crippen LogP contribution in [0.5, 0.6) is 0 Å². The van der Waals surface area contributed by atoms with E-state index in [1.54, 1.807) is 20.8 Å². The van der Waals surface area contributed by atoms with Crippen LogP contribution in [0.15, 0.2) is 0 Å². The van der Waals surface area contributed by atoms with Gasteiger partial charge in [-0.3, -0.25) is 9.59 Å². The number of carbonyl (C=O) groups is 2. The second kappa shape index (κ2) is 6.82. The van der Waals surface area contributed by atoms with Gasteiger partial charge in [-0.1, -0.05) is 34.6 Å². The van der Waals surface area contributed by atoms with Crippen molar-refractivity contribution < 1.29 is 19.1 Å². The molecule has 0 aliphatic heterocycles. The van der Waals surface area contributed by atoms with Crippen molar-refractivity contribution in [1.82, 2.24) is 0 Å². The van der Waals surface area contributed by atoms with Crippen molar-refractivity contribution in [3.8, 4) is 0 Å². The molecule has 0 saturated heterocycles. The van der Waals surface area contributed by atoms with Gasteiger partial charge in [0.25, 0.3) is 0 Å². The monoisotopic (exact) mass is 328 g/mol. The summed E-state index contributed by atoms with van der Waals surface area (Å²) in [5.74, 6) is -0.888. The first-order chi connectivity index (χ1) is 9.98. The maximum absolute atomic E-state index is 12.7. The van der Waals surface area contributed by atoms with Crippen LogP contribution in [0.25, 0.3) is 0 Å². The molecule has 0 amide bonds. The molecule has 4 heteroatoms. The third-order valence-corrected chi connectivity index (χ3v) is 4.89. The summed E-state index contributed by atoms with van der Waals surface area (Å²) in [4.78, 5) is 25.2. The summed E-state index contributed by atoms with van der Waals surface area (Å²) in [7, 11) is 0. The Bertz CT molecular complexity index is 437. The summed E-state index contributed by atoms with van der Waals surface area (Å²) in [5.41, 5.74) is -2.64. The van der Waals surface area contributed by atoms with E-state index in [4.69, 9.17) is 9.47 Å². The van der Waals surface area contributed by atoms with Crippen molar-refractivity contribution in [1.29, 1.82) is 0 Å². The molecule has 0 spiro atoms. The lowest BCUT2D eigenvalue weighted by molar-refractivity contribution is -0.196. The summed E-state index contributed by atoms with van der Waals surface area (Å²) in [5, 5.41) is 0. The molecule has 0 radical (unpaired) electrons. The highest BCUT2D eigenvalue weighted by Crippen LogP contribution is 2.41. The molecule has 0 aromatic carbocycles. The highest BCUT2D eigenvalue weighted by atomic mass is 16.6. The van der Waals surface area contributed by atoms with Gasteiger partial charge in [0.2, 0.25) is 0 Å². The van der Waals surface area contributed by atoms with E-state index in [0.29, 0.717) is 6.42 Å². The molecule has 0 saturated carbocycles. The molecule has 0 N–H and O–H groups in total. The van der Waals surface area contributed by atoms with Crippen LogP contribution in [-0.4, -0.2) is 23.1 Å². The van der Waals surface area contributed by atoms with Gasteiger partial charge in [0.15, 0.2) is 0 Å². The minimum Gasteiger partial charge on any atom is -0.459 e.